The second kappa shape index (κ2) is 21.9. The van der Waals surface area contributed by atoms with E-state index in [9.17, 15) is 30.0 Å². The molecule has 7 N–H and O–H groups in total. The molecule has 0 atom stereocenters. The number of aliphatic carboxylic acids is 1. The summed E-state index contributed by atoms with van der Waals surface area (Å²) in [7, 11) is 9.90. The summed E-state index contributed by atoms with van der Waals surface area (Å²) >= 11 is -0.931. The molecule has 0 fully saturated rings. The topological polar surface area (TPSA) is 176 Å². The van der Waals surface area contributed by atoms with Crippen LogP contribution in [0.25, 0.3) is 0 Å². The van der Waals surface area contributed by atoms with Crippen LogP contribution in [0.4, 0.5) is 0 Å². The van der Waals surface area contributed by atoms with E-state index >= 15 is 0 Å². The van der Waals surface area contributed by atoms with Crippen LogP contribution in [0.5, 0.6) is 34.5 Å². The summed E-state index contributed by atoms with van der Waals surface area (Å²) in [4.78, 5) is 23.2. The number of rotatable bonds is 7. The van der Waals surface area contributed by atoms with Crippen LogP contribution in [0.15, 0.2) is 66.7 Å². The van der Waals surface area contributed by atoms with Gasteiger partial charge in [-0.1, -0.05) is 113 Å². The molecule has 0 amide bonds. The first-order chi connectivity index (χ1) is 26.4. The molecule has 0 aliphatic heterocycles. The second-order valence-corrected chi connectivity index (χ2v) is 22.9. The molecule has 58 heavy (non-hydrogen) atoms. The number of Topliss-reactive ketones (excluding diaryl/α,β-unsaturated/α-hetero) is 1. The Bertz CT molecular complexity index is 1880. The number of carbonyl (C=O) groups excluding carboxylic acids is 1. The molecule has 4 rings (SSSR count). The number of benzene rings is 4. The number of ketones is 1. The molecule has 0 aromatic heterocycles. The Balaban J connectivity index is 0.000000472. The SMILES string of the molecule is CC(C)(C)c1cc(CCC(=O)O)cc(C(C)(C)C)c1O.CC(C)(C)c1cc(CCC(=O)c2cc(O)cc(O)c2)cc(C(C)(C)C)c1O.Oc1cccc(O)c1.[Cl][Zn][Cl]. The van der Waals surface area contributed by atoms with Gasteiger partial charge in [0.1, 0.15) is 34.5 Å². The Hall–Kier alpha value is -3.98. The molecule has 0 heterocycles. The Morgan fingerprint density at radius 3 is 1.05 bits per heavy atom. The van der Waals surface area contributed by atoms with E-state index < -0.39 is 21.1 Å². The standard InChI is InChI=1S/C23H30O4.C17H26O3.C6H6O2.2ClH.Zn/c1-22(2,3)18-9-14(10-19(21(18)27)23(4,5)6)7-8-20(26)15-11-16(24)13-17(25)12-15;1-16(2,3)12-9-11(7-8-14(18)19)10-13(15(12)20)17(4,5)6;7-5-2-1-3-6(8)4-5;;;/h9-13,24-25,27H,7-8H2,1-6H3;9-10,20H,7-8H2,1-6H3,(H,18,19);1-4,7-8H;2*1H;/q;;;;;+2/p-2. The van der Waals surface area contributed by atoms with Crippen LogP contribution in [0.2, 0.25) is 0 Å². The van der Waals surface area contributed by atoms with E-state index in [0.717, 1.165) is 33.4 Å². The first-order valence-electron chi connectivity index (χ1n) is 19.0. The van der Waals surface area contributed by atoms with Gasteiger partial charge < -0.3 is 35.7 Å². The number of carboxylic acid groups (broad SMARTS) is 1. The predicted octanol–water partition coefficient (Wildman–Crippen LogP) is 11.7. The number of hydrogen-bond acceptors (Lipinski definition) is 8. The summed E-state index contributed by atoms with van der Waals surface area (Å²) in [6, 6.07) is 17.6. The zero-order chi connectivity index (χ0) is 45.0. The summed E-state index contributed by atoms with van der Waals surface area (Å²) in [5, 5.41) is 66.6. The third-order valence-corrected chi connectivity index (χ3v) is 8.89. The quantitative estimate of drug-likeness (QED) is 0.0703. The molecule has 0 bridgehead atoms. The van der Waals surface area contributed by atoms with Crippen LogP contribution in [0, 0.1) is 0 Å². The van der Waals surface area contributed by atoms with Crippen LogP contribution in [0.3, 0.4) is 0 Å². The zero-order valence-corrected chi connectivity index (χ0v) is 40.6. The van der Waals surface area contributed by atoms with Gasteiger partial charge in [0.2, 0.25) is 0 Å². The Labute approximate surface area is 360 Å². The van der Waals surface area contributed by atoms with Gasteiger partial charge in [0.25, 0.3) is 0 Å². The van der Waals surface area contributed by atoms with Crippen LogP contribution >= 0.6 is 19.4 Å². The van der Waals surface area contributed by atoms with Gasteiger partial charge in [-0.3, -0.25) is 9.59 Å². The molecule has 0 aliphatic rings. The Kier molecular flexibility index (Phi) is 19.6. The number of aromatic hydroxyl groups is 6. The molecular weight excluding hydrogens is 833 g/mol. The Morgan fingerprint density at radius 1 is 0.500 bits per heavy atom. The molecule has 0 saturated carbocycles. The van der Waals surface area contributed by atoms with E-state index in [0.29, 0.717) is 29.9 Å². The van der Waals surface area contributed by atoms with Crippen LogP contribution < -0.4 is 0 Å². The van der Waals surface area contributed by atoms with Crippen molar-refractivity contribution in [1.29, 1.82) is 0 Å². The molecule has 316 valence electrons. The van der Waals surface area contributed by atoms with E-state index in [4.69, 9.17) is 34.7 Å². The van der Waals surface area contributed by atoms with Gasteiger partial charge in [0.15, 0.2) is 5.78 Å². The number of halogens is 2. The third kappa shape index (κ3) is 17.5. The van der Waals surface area contributed by atoms with E-state index in [1.54, 1.807) is 6.07 Å². The fraction of sp³-hybridized carbons (Fsp3) is 0.435. The average Bonchev–Trinajstić information content (AvgIpc) is 3.05. The number of aryl methyl sites for hydroxylation is 2. The van der Waals surface area contributed by atoms with Crippen molar-refractivity contribution in [2.75, 3.05) is 0 Å². The fourth-order valence-electron chi connectivity index (χ4n) is 5.87. The van der Waals surface area contributed by atoms with Crippen molar-refractivity contribution in [3.63, 3.8) is 0 Å². The van der Waals surface area contributed by atoms with Gasteiger partial charge in [-0.2, -0.15) is 0 Å². The second-order valence-electron chi connectivity index (χ2n) is 18.3. The van der Waals surface area contributed by atoms with Gasteiger partial charge in [-0.25, -0.2) is 0 Å². The van der Waals surface area contributed by atoms with E-state index in [1.807, 2.05) is 24.3 Å². The van der Waals surface area contributed by atoms with Crippen molar-refractivity contribution >= 4 is 31.1 Å². The first-order valence-corrected chi connectivity index (χ1v) is 26.8. The molecule has 0 radical (unpaired) electrons. The first kappa shape index (κ1) is 52.0. The fourth-order valence-corrected chi connectivity index (χ4v) is 5.87. The van der Waals surface area contributed by atoms with Crippen LogP contribution in [-0.4, -0.2) is 47.5 Å². The number of carbonyl (C=O) groups is 2. The third-order valence-electron chi connectivity index (χ3n) is 8.89. The van der Waals surface area contributed by atoms with E-state index in [2.05, 4.69) is 83.1 Å². The molecule has 9 nitrogen and oxygen atoms in total. The van der Waals surface area contributed by atoms with Gasteiger partial charge in [0.05, 0.1) is 0 Å². The predicted molar refractivity (Wildman–Crippen MR) is 231 cm³/mol. The van der Waals surface area contributed by atoms with Crippen molar-refractivity contribution in [3.8, 4) is 34.5 Å². The van der Waals surface area contributed by atoms with Crippen molar-refractivity contribution in [2.24, 2.45) is 0 Å². The minimum atomic E-state index is -0.931. The van der Waals surface area contributed by atoms with Crippen molar-refractivity contribution < 1.29 is 60.5 Å². The molecule has 4 aromatic carbocycles. The van der Waals surface area contributed by atoms with Gasteiger partial charge in [-0.15, -0.1) is 0 Å². The Morgan fingerprint density at radius 2 is 0.793 bits per heavy atom. The van der Waals surface area contributed by atoms with Crippen molar-refractivity contribution in [3.05, 3.63) is 106 Å². The molecule has 12 heteroatoms. The number of phenols is 6. The number of phenolic OH excluding ortho intramolecular Hbond substituents is 6. The molecule has 0 spiro atoms. The summed E-state index contributed by atoms with van der Waals surface area (Å²) in [6.45, 7) is 24.6. The molecule has 0 aliphatic carbocycles. The monoisotopic (exact) mass is 892 g/mol. The van der Waals surface area contributed by atoms with E-state index in [1.165, 1.54) is 36.4 Å². The van der Waals surface area contributed by atoms with Crippen LogP contribution in [0.1, 0.15) is 140 Å². The summed E-state index contributed by atoms with van der Waals surface area (Å²) in [5.74, 6) is -0.375. The molecule has 0 unspecified atom stereocenters. The zero-order valence-electron chi connectivity index (χ0n) is 36.1. The molecule has 0 saturated heterocycles. The maximum atomic E-state index is 12.5. The van der Waals surface area contributed by atoms with Gasteiger partial charge in [0, 0.05) is 30.5 Å². The molecular formula is C46H62Cl2O9Zn. The summed E-state index contributed by atoms with van der Waals surface area (Å²) in [6.07, 6.45) is 1.36. The maximum absolute atomic E-state index is 12.5. The van der Waals surface area contributed by atoms with E-state index in [-0.39, 0.29) is 63.3 Å². The van der Waals surface area contributed by atoms with Crippen molar-refractivity contribution in [2.45, 2.75) is 130 Å². The van der Waals surface area contributed by atoms with Crippen LogP contribution in [-0.2, 0) is 54.4 Å². The summed E-state index contributed by atoms with van der Waals surface area (Å²) < 4.78 is 0. The molecule has 4 aromatic rings. The number of hydrogen-bond donors (Lipinski definition) is 7. The minimum absolute atomic E-state index is 0.0880. The number of carboxylic acids is 1. The normalized spacial score (nSPS) is 11.4. The average molecular weight is 895 g/mol. The van der Waals surface area contributed by atoms with Crippen molar-refractivity contribution in [1.82, 2.24) is 0 Å². The summed E-state index contributed by atoms with van der Waals surface area (Å²) in [5.41, 5.74) is 4.95. The van der Waals surface area contributed by atoms with Gasteiger partial charge in [-0.05, 0) is 92.1 Å². The van der Waals surface area contributed by atoms with Gasteiger partial charge >= 0.3 is 40.5 Å².